The molecule has 1 rings (SSSR count). The summed E-state index contributed by atoms with van der Waals surface area (Å²) in [5.74, 6) is 1.88. The fraction of sp³-hybridized carbons (Fsp3) is 0.600. The largest absolute Gasteiger partial charge is 0.493 e. The molecular weight excluding hydrogens is 244 g/mol. The molecule has 0 fully saturated rings. The average Bonchev–Trinajstić information content (AvgIpc) is 2.42. The summed E-state index contributed by atoms with van der Waals surface area (Å²) < 4.78 is 16.4. The van der Waals surface area contributed by atoms with E-state index in [1.54, 1.807) is 7.11 Å². The van der Waals surface area contributed by atoms with Crippen LogP contribution in [0.2, 0.25) is 0 Å². The molecule has 0 aliphatic rings. The highest BCUT2D eigenvalue weighted by atomic mass is 16.5. The van der Waals surface area contributed by atoms with E-state index < -0.39 is 0 Å². The summed E-state index contributed by atoms with van der Waals surface area (Å²) in [5.41, 5.74) is 0.724. The van der Waals surface area contributed by atoms with Crippen molar-refractivity contribution in [2.24, 2.45) is 5.92 Å². The van der Waals surface area contributed by atoms with E-state index in [1.165, 1.54) is 0 Å². The zero-order valence-corrected chi connectivity index (χ0v) is 12.0. The van der Waals surface area contributed by atoms with Gasteiger partial charge in [-0.15, -0.1) is 0 Å². The lowest BCUT2D eigenvalue weighted by Gasteiger charge is -2.14. The molecule has 1 aromatic carbocycles. The lowest BCUT2D eigenvalue weighted by molar-refractivity contribution is 0.0907. The smallest absolute Gasteiger partial charge is 0.166 e. The highest BCUT2D eigenvalue weighted by Crippen LogP contribution is 2.30. The zero-order valence-electron chi connectivity index (χ0n) is 12.0. The topological polar surface area (TPSA) is 47.9 Å². The van der Waals surface area contributed by atoms with Crippen LogP contribution in [0.15, 0.2) is 18.2 Å². The highest BCUT2D eigenvalue weighted by molar-refractivity contribution is 5.46. The summed E-state index contributed by atoms with van der Waals surface area (Å²) >= 11 is 0. The summed E-state index contributed by atoms with van der Waals surface area (Å²) in [6.45, 7) is 6.01. The molecule has 4 nitrogen and oxygen atoms in total. The van der Waals surface area contributed by atoms with E-state index >= 15 is 0 Å². The van der Waals surface area contributed by atoms with Gasteiger partial charge in [0.2, 0.25) is 0 Å². The highest BCUT2D eigenvalue weighted by Gasteiger charge is 2.09. The second-order valence-corrected chi connectivity index (χ2v) is 4.75. The normalized spacial score (nSPS) is 10.8. The molecule has 1 aromatic rings. The molecule has 0 unspecified atom stereocenters. The van der Waals surface area contributed by atoms with Crippen molar-refractivity contribution >= 4 is 0 Å². The van der Waals surface area contributed by atoms with E-state index in [0.717, 1.165) is 18.6 Å². The molecule has 0 atom stereocenters. The van der Waals surface area contributed by atoms with Gasteiger partial charge in [-0.3, -0.25) is 0 Å². The SMILES string of the molecule is COc1cccc(CO)c1OCCOCCC(C)C. The first-order chi connectivity index (χ1) is 9.19. The Kier molecular flexibility index (Phi) is 7.30. The minimum Gasteiger partial charge on any atom is -0.493 e. The average molecular weight is 268 g/mol. The van der Waals surface area contributed by atoms with Gasteiger partial charge in [-0.1, -0.05) is 26.0 Å². The number of ether oxygens (including phenoxy) is 3. The van der Waals surface area contributed by atoms with Crippen LogP contribution in [-0.4, -0.2) is 32.0 Å². The minimum absolute atomic E-state index is 0.0687. The Morgan fingerprint density at radius 3 is 2.58 bits per heavy atom. The van der Waals surface area contributed by atoms with Crippen LogP contribution < -0.4 is 9.47 Å². The number of para-hydroxylation sites is 1. The Morgan fingerprint density at radius 2 is 1.95 bits per heavy atom. The number of methoxy groups -OCH3 is 1. The maximum atomic E-state index is 9.27. The van der Waals surface area contributed by atoms with Gasteiger partial charge in [0, 0.05) is 12.2 Å². The first-order valence-electron chi connectivity index (χ1n) is 6.66. The Labute approximate surface area is 115 Å². The van der Waals surface area contributed by atoms with Crippen molar-refractivity contribution in [3.63, 3.8) is 0 Å². The number of aliphatic hydroxyl groups is 1. The summed E-state index contributed by atoms with van der Waals surface area (Å²) in [4.78, 5) is 0. The minimum atomic E-state index is -0.0687. The van der Waals surface area contributed by atoms with E-state index in [1.807, 2.05) is 18.2 Å². The quantitative estimate of drug-likeness (QED) is 0.699. The molecule has 0 saturated heterocycles. The second kappa shape index (κ2) is 8.77. The molecule has 108 valence electrons. The summed E-state index contributed by atoms with van der Waals surface area (Å²) in [6, 6.07) is 5.46. The Bertz CT molecular complexity index is 341. The van der Waals surface area contributed by atoms with Crippen LogP contribution in [0.4, 0.5) is 0 Å². The molecule has 0 amide bonds. The number of aliphatic hydroxyl groups excluding tert-OH is 1. The van der Waals surface area contributed by atoms with Crippen LogP contribution in [0.3, 0.4) is 0 Å². The van der Waals surface area contributed by atoms with Gasteiger partial charge in [0.15, 0.2) is 11.5 Å². The Balaban J connectivity index is 2.40. The van der Waals surface area contributed by atoms with Gasteiger partial charge >= 0.3 is 0 Å². The molecular formula is C15H24O4. The van der Waals surface area contributed by atoms with Gasteiger partial charge in [0.05, 0.1) is 20.3 Å². The third-order valence-electron chi connectivity index (χ3n) is 2.76. The van der Waals surface area contributed by atoms with Gasteiger partial charge in [0.25, 0.3) is 0 Å². The number of hydrogen-bond donors (Lipinski definition) is 1. The monoisotopic (exact) mass is 268 g/mol. The van der Waals surface area contributed by atoms with E-state index in [2.05, 4.69) is 13.8 Å². The van der Waals surface area contributed by atoms with Crippen LogP contribution >= 0.6 is 0 Å². The Hall–Kier alpha value is -1.26. The summed E-state index contributed by atoms with van der Waals surface area (Å²) in [5, 5.41) is 9.27. The second-order valence-electron chi connectivity index (χ2n) is 4.75. The number of hydrogen-bond acceptors (Lipinski definition) is 4. The maximum absolute atomic E-state index is 9.27. The lowest BCUT2D eigenvalue weighted by atomic mass is 10.1. The van der Waals surface area contributed by atoms with Gasteiger partial charge in [-0.2, -0.15) is 0 Å². The molecule has 0 bridgehead atoms. The molecule has 0 aromatic heterocycles. The van der Waals surface area contributed by atoms with E-state index in [4.69, 9.17) is 14.2 Å². The van der Waals surface area contributed by atoms with E-state index in [9.17, 15) is 5.11 Å². The van der Waals surface area contributed by atoms with Gasteiger partial charge < -0.3 is 19.3 Å². The van der Waals surface area contributed by atoms with E-state index in [-0.39, 0.29) is 6.61 Å². The Morgan fingerprint density at radius 1 is 1.16 bits per heavy atom. The zero-order chi connectivity index (χ0) is 14.1. The van der Waals surface area contributed by atoms with Crippen LogP contribution in [0.1, 0.15) is 25.8 Å². The van der Waals surface area contributed by atoms with Crippen molar-refractivity contribution in [2.45, 2.75) is 26.9 Å². The molecule has 0 aliphatic carbocycles. The third-order valence-corrected chi connectivity index (χ3v) is 2.76. The molecule has 0 radical (unpaired) electrons. The molecule has 0 aliphatic heterocycles. The molecule has 0 spiro atoms. The van der Waals surface area contributed by atoms with Gasteiger partial charge in [-0.05, 0) is 18.4 Å². The number of benzene rings is 1. The first kappa shape index (κ1) is 15.8. The fourth-order valence-electron chi connectivity index (χ4n) is 1.63. The van der Waals surface area contributed by atoms with Crippen LogP contribution in [0.5, 0.6) is 11.5 Å². The van der Waals surface area contributed by atoms with Crippen LogP contribution in [-0.2, 0) is 11.3 Å². The van der Waals surface area contributed by atoms with Crippen molar-refractivity contribution in [2.75, 3.05) is 26.9 Å². The van der Waals surface area contributed by atoms with Crippen molar-refractivity contribution in [3.05, 3.63) is 23.8 Å². The molecule has 19 heavy (non-hydrogen) atoms. The predicted octanol–water partition coefficient (Wildman–Crippen LogP) is 2.63. The summed E-state index contributed by atoms with van der Waals surface area (Å²) in [7, 11) is 1.59. The lowest BCUT2D eigenvalue weighted by Crippen LogP contribution is -2.10. The molecule has 0 heterocycles. The van der Waals surface area contributed by atoms with Crippen LogP contribution in [0, 0.1) is 5.92 Å². The van der Waals surface area contributed by atoms with Gasteiger partial charge in [0.1, 0.15) is 6.61 Å². The standard InChI is InChI=1S/C15H24O4/c1-12(2)7-8-18-9-10-19-15-13(11-16)5-4-6-14(15)17-3/h4-6,12,16H,7-11H2,1-3H3. The molecule has 1 N–H and O–H groups in total. The van der Waals surface area contributed by atoms with Crippen molar-refractivity contribution < 1.29 is 19.3 Å². The maximum Gasteiger partial charge on any atom is 0.166 e. The predicted molar refractivity (Wildman–Crippen MR) is 74.7 cm³/mol. The van der Waals surface area contributed by atoms with Crippen molar-refractivity contribution in [3.8, 4) is 11.5 Å². The van der Waals surface area contributed by atoms with Crippen molar-refractivity contribution in [1.82, 2.24) is 0 Å². The number of rotatable bonds is 9. The van der Waals surface area contributed by atoms with Crippen molar-refractivity contribution in [1.29, 1.82) is 0 Å². The fourth-order valence-corrected chi connectivity index (χ4v) is 1.63. The third kappa shape index (κ3) is 5.49. The van der Waals surface area contributed by atoms with Crippen LogP contribution in [0.25, 0.3) is 0 Å². The van der Waals surface area contributed by atoms with E-state index in [0.29, 0.717) is 30.6 Å². The molecule has 4 heteroatoms. The molecule has 0 saturated carbocycles. The first-order valence-corrected chi connectivity index (χ1v) is 6.66. The summed E-state index contributed by atoms with van der Waals surface area (Å²) in [6.07, 6.45) is 1.05. The van der Waals surface area contributed by atoms with Gasteiger partial charge in [-0.25, -0.2) is 0 Å².